The van der Waals surface area contributed by atoms with Crippen LogP contribution in [0.25, 0.3) is 0 Å². The fraction of sp³-hybridized carbons (Fsp3) is 0.583. The molecule has 1 heterocycles. The van der Waals surface area contributed by atoms with Gasteiger partial charge in [-0.15, -0.1) is 0 Å². The number of rotatable bonds is 6. The molecule has 1 rings (SSSR count). The van der Waals surface area contributed by atoms with Gasteiger partial charge in [-0.25, -0.2) is 0 Å². The maximum Gasteiger partial charge on any atom is 0.122 e. The van der Waals surface area contributed by atoms with E-state index in [0.717, 1.165) is 24.5 Å². The van der Waals surface area contributed by atoms with Gasteiger partial charge in [-0.1, -0.05) is 13.8 Å². The topological polar surface area (TPSA) is 34.1 Å². The summed E-state index contributed by atoms with van der Waals surface area (Å²) in [6.07, 6.45) is 1.79. The first-order valence-corrected chi connectivity index (χ1v) is 5.50. The predicted molar refractivity (Wildman–Crippen MR) is 62.0 cm³/mol. The molecule has 0 aliphatic carbocycles. The van der Waals surface area contributed by atoms with Crippen LogP contribution in [0.1, 0.15) is 26.5 Å². The summed E-state index contributed by atoms with van der Waals surface area (Å²) < 4.78 is 5.41. The van der Waals surface area contributed by atoms with Crippen LogP contribution in [0.15, 0.2) is 18.3 Å². The zero-order valence-electron chi connectivity index (χ0n) is 9.79. The van der Waals surface area contributed by atoms with Crippen molar-refractivity contribution in [1.82, 2.24) is 10.3 Å². The highest BCUT2D eigenvalue weighted by atomic mass is 16.5. The molecule has 84 valence electrons. The molecule has 1 aromatic rings. The van der Waals surface area contributed by atoms with Gasteiger partial charge < -0.3 is 10.1 Å². The van der Waals surface area contributed by atoms with Crippen LogP contribution in [-0.2, 0) is 6.54 Å². The van der Waals surface area contributed by atoms with Gasteiger partial charge in [0, 0.05) is 18.8 Å². The SMILES string of the molecule is CCOc1ccnc(CNCC(C)C)c1. The van der Waals surface area contributed by atoms with Crippen LogP contribution in [0.4, 0.5) is 0 Å². The summed E-state index contributed by atoms with van der Waals surface area (Å²) in [6.45, 7) is 8.88. The summed E-state index contributed by atoms with van der Waals surface area (Å²) in [6, 6.07) is 3.87. The Morgan fingerprint density at radius 1 is 1.47 bits per heavy atom. The number of hydrogen-bond donors (Lipinski definition) is 1. The first-order chi connectivity index (χ1) is 7.22. The molecule has 3 heteroatoms. The average Bonchev–Trinajstić information content (AvgIpc) is 2.18. The van der Waals surface area contributed by atoms with E-state index in [-0.39, 0.29) is 0 Å². The quantitative estimate of drug-likeness (QED) is 0.778. The Kier molecular flexibility index (Phi) is 5.12. The molecule has 3 nitrogen and oxygen atoms in total. The molecule has 0 radical (unpaired) electrons. The Morgan fingerprint density at radius 3 is 2.93 bits per heavy atom. The Bertz CT molecular complexity index is 287. The van der Waals surface area contributed by atoms with Crippen molar-refractivity contribution >= 4 is 0 Å². The zero-order chi connectivity index (χ0) is 11.1. The molecule has 1 N–H and O–H groups in total. The van der Waals surface area contributed by atoms with Crippen LogP contribution in [0.3, 0.4) is 0 Å². The fourth-order valence-corrected chi connectivity index (χ4v) is 1.30. The van der Waals surface area contributed by atoms with E-state index in [2.05, 4.69) is 24.1 Å². The lowest BCUT2D eigenvalue weighted by Gasteiger charge is -2.08. The van der Waals surface area contributed by atoms with Crippen molar-refractivity contribution in [2.24, 2.45) is 5.92 Å². The Labute approximate surface area is 91.9 Å². The molecule has 0 saturated heterocycles. The van der Waals surface area contributed by atoms with Crippen molar-refractivity contribution in [3.8, 4) is 5.75 Å². The van der Waals surface area contributed by atoms with E-state index >= 15 is 0 Å². The highest BCUT2D eigenvalue weighted by Crippen LogP contribution is 2.10. The Hall–Kier alpha value is -1.09. The standard InChI is InChI=1S/C12H20N2O/c1-4-15-12-5-6-14-11(7-12)9-13-8-10(2)3/h5-7,10,13H,4,8-9H2,1-3H3. The molecular weight excluding hydrogens is 188 g/mol. The van der Waals surface area contributed by atoms with Gasteiger partial charge in [0.25, 0.3) is 0 Å². The average molecular weight is 208 g/mol. The number of pyridine rings is 1. The molecule has 0 bridgehead atoms. The molecule has 0 aromatic carbocycles. The maximum atomic E-state index is 5.41. The first kappa shape index (κ1) is 12.0. The van der Waals surface area contributed by atoms with Crippen molar-refractivity contribution in [1.29, 1.82) is 0 Å². The minimum absolute atomic E-state index is 0.667. The molecule has 0 amide bonds. The van der Waals surface area contributed by atoms with Crippen LogP contribution >= 0.6 is 0 Å². The normalized spacial score (nSPS) is 10.7. The van der Waals surface area contributed by atoms with Crippen molar-refractivity contribution in [2.75, 3.05) is 13.2 Å². The van der Waals surface area contributed by atoms with Crippen LogP contribution < -0.4 is 10.1 Å². The zero-order valence-corrected chi connectivity index (χ0v) is 9.79. The van der Waals surface area contributed by atoms with Gasteiger partial charge in [0.05, 0.1) is 12.3 Å². The van der Waals surface area contributed by atoms with E-state index in [1.165, 1.54) is 0 Å². The van der Waals surface area contributed by atoms with Gasteiger partial charge in [-0.3, -0.25) is 4.98 Å². The van der Waals surface area contributed by atoms with Gasteiger partial charge in [-0.05, 0) is 25.5 Å². The van der Waals surface area contributed by atoms with Crippen molar-refractivity contribution in [3.05, 3.63) is 24.0 Å². The third kappa shape index (κ3) is 4.79. The van der Waals surface area contributed by atoms with Gasteiger partial charge >= 0.3 is 0 Å². The molecular formula is C12H20N2O. The van der Waals surface area contributed by atoms with Crippen LogP contribution in [0.5, 0.6) is 5.75 Å². The fourth-order valence-electron chi connectivity index (χ4n) is 1.30. The van der Waals surface area contributed by atoms with E-state index in [1.54, 1.807) is 6.20 Å². The number of nitrogens with one attached hydrogen (secondary N) is 1. The van der Waals surface area contributed by atoms with Crippen LogP contribution in [-0.4, -0.2) is 18.1 Å². The molecule has 0 atom stereocenters. The molecule has 1 aromatic heterocycles. The maximum absolute atomic E-state index is 5.41. The minimum atomic E-state index is 0.667. The second-order valence-electron chi connectivity index (χ2n) is 3.94. The van der Waals surface area contributed by atoms with E-state index < -0.39 is 0 Å². The highest BCUT2D eigenvalue weighted by molar-refractivity contribution is 5.22. The molecule has 0 unspecified atom stereocenters. The van der Waals surface area contributed by atoms with Gasteiger partial charge in [0.15, 0.2) is 0 Å². The molecule has 0 aliphatic heterocycles. The Balaban J connectivity index is 2.43. The van der Waals surface area contributed by atoms with E-state index in [0.29, 0.717) is 12.5 Å². The molecule has 15 heavy (non-hydrogen) atoms. The van der Waals surface area contributed by atoms with Crippen LogP contribution in [0, 0.1) is 5.92 Å². The smallest absolute Gasteiger partial charge is 0.122 e. The number of aromatic nitrogens is 1. The van der Waals surface area contributed by atoms with Gasteiger partial charge in [-0.2, -0.15) is 0 Å². The number of nitrogens with zero attached hydrogens (tertiary/aromatic N) is 1. The lowest BCUT2D eigenvalue weighted by Crippen LogP contribution is -2.19. The summed E-state index contributed by atoms with van der Waals surface area (Å²) in [5.41, 5.74) is 1.03. The second kappa shape index (κ2) is 6.40. The molecule has 0 fully saturated rings. The lowest BCUT2D eigenvalue weighted by molar-refractivity contribution is 0.339. The van der Waals surface area contributed by atoms with E-state index in [9.17, 15) is 0 Å². The van der Waals surface area contributed by atoms with E-state index in [1.807, 2.05) is 19.1 Å². The predicted octanol–water partition coefficient (Wildman–Crippen LogP) is 2.23. The second-order valence-corrected chi connectivity index (χ2v) is 3.94. The molecule has 0 spiro atoms. The summed E-state index contributed by atoms with van der Waals surface area (Å²) >= 11 is 0. The van der Waals surface area contributed by atoms with E-state index in [4.69, 9.17) is 4.74 Å². The van der Waals surface area contributed by atoms with Gasteiger partial charge in [0.2, 0.25) is 0 Å². The van der Waals surface area contributed by atoms with Gasteiger partial charge in [0.1, 0.15) is 5.75 Å². The minimum Gasteiger partial charge on any atom is -0.494 e. The van der Waals surface area contributed by atoms with Crippen molar-refractivity contribution in [2.45, 2.75) is 27.3 Å². The molecule has 0 saturated carbocycles. The molecule has 0 aliphatic rings. The summed E-state index contributed by atoms with van der Waals surface area (Å²) in [5, 5.41) is 3.35. The largest absolute Gasteiger partial charge is 0.494 e. The third-order valence-electron chi connectivity index (χ3n) is 1.96. The summed E-state index contributed by atoms with van der Waals surface area (Å²) in [4.78, 5) is 4.28. The Morgan fingerprint density at radius 2 is 2.27 bits per heavy atom. The van der Waals surface area contributed by atoms with Crippen LogP contribution in [0.2, 0.25) is 0 Å². The first-order valence-electron chi connectivity index (χ1n) is 5.50. The monoisotopic (exact) mass is 208 g/mol. The summed E-state index contributed by atoms with van der Waals surface area (Å²) in [7, 11) is 0. The lowest BCUT2D eigenvalue weighted by atomic mass is 10.2. The number of hydrogen-bond acceptors (Lipinski definition) is 3. The summed E-state index contributed by atoms with van der Waals surface area (Å²) in [5.74, 6) is 1.56. The van der Waals surface area contributed by atoms with Crippen molar-refractivity contribution in [3.63, 3.8) is 0 Å². The highest BCUT2D eigenvalue weighted by Gasteiger charge is 1.98. The third-order valence-corrected chi connectivity index (χ3v) is 1.96. The van der Waals surface area contributed by atoms with Crippen molar-refractivity contribution < 1.29 is 4.74 Å². The number of ether oxygens (including phenoxy) is 1.